The van der Waals surface area contributed by atoms with Crippen molar-refractivity contribution in [2.75, 3.05) is 0 Å². The lowest BCUT2D eigenvalue weighted by Gasteiger charge is -2.26. The smallest absolute Gasteiger partial charge is 0.199 e. The molecule has 0 unspecified atom stereocenters. The van der Waals surface area contributed by atoms with Gasteiger partial charge in [-0.25, -0.2) is 0 Å². The zero-order valence-electron chi connectivity index (χ0n) is 11.3. The van der Waals surface area contributed by atoms with Crippen molar-refractivity contribution in [2.45, 2.75) is 45.2 Å². The van der Waals surface area contributed by atoms with Crippen molar-refractivity contribution in [3.63, 3.8) is 0 Å². The van der Waals surface area contributed by atoms with Crippen LogP contribution in [0.25, 0.3) is 11.0 Å². The molecule has 0 spiro atoms. The highest BCUT2D eigenvalue weighted by atomic mass is 35.5. The van der Waals surface area contributed by atoms with Crippen LogP contribution in [0.5, 0.6) is 0 Å². The van der Waals surface area contributed by atoms with E-state index in [0.717, 1.165) is 29.0 Å². The molecule has 19 heavy (non-hydrogen) atoms. The van der Waals surface area contributed by atoms with Crippen molar-refractivity contribution in [2.24, 2.45) is 5.92 Å². The Kier molecular flexibility index (Phi) is 3.81. The first-order valence-corrected chi connectivity index (χ1v) is 7.51. The number of hydrogen-bond acceptors (Lipinski definition) is 2. The topological polar surface area (TPSA) is 25.2 Å². The molecule has 1 aromatic carbocycles. The Morgan fingerprint density at radius 3 is 2.74 bits per heavy atom. The van der Waals surface area contributed by atoms with Gasteiger partial charge in [0.15, 0.2) is 5.22 Å². The second kappa shape index (κ2) is 5.56. The molecule has 0 bridgehead atoms. The molecule has 1 aromatic heterocycles. The minimum atomic E-state index is 0.526. The number of para-hydroxylation sites is 1. The molecule has 1 aliphatic rings. The van der Waals surface area contributed by atoms with Crippen LogP contribution >= 0.6 is 11.6 Å². The average Bonchev–Trinajstić information content (AvgIpc) is 2.74. The molecule has 0 atom stereocenters. The van der Waals surface area contributed by atoms with E-state index in [2.05, 4.69) is 18.3 Å². The Morgan fingerprint density at radius 1 is 1.21 bits per heavy atom. The minimum Gasteiger partial charge on any atom is -0.444 e. The molecule has 1 fully saturated rings. The first-order valence-electron chi connectivity index (χ1n) is 7.13. The zero-order chi connectivity index (χ0) is 13.2. The molecular weight excluding hydrogens is 258 g/mol. The Morgan fingerprint density at radius 2 is 1.95 bits per heavy atom. The molecule has 3 rings (SSSR count). The fraction of sp³-hybridized carbons (Fsp3) is 0.500. The number of hydrogen-bond donors (Lipinski definition) is 1. The van der Waals surface area contributed by atoms with Crippen LogP contribution in [0.1, 0.15) is 38.2 Å². The number of benzene rings is 1. The largest absolute Gasteiger partial charge is 0.444 e. The molecule has 0 radical (unpaired) electrons. The zero-order valence-corrected chi connectivity index (χ0v) is 12.0. The van der Waals surface area contributed by atoms with Crippen LogP contribution in [-0.2, 0) is 6.54 Å². The lowest BCUT2D eigenvalue weighted by molar-refractivity contribution is 0.306. The average molecular weight is 278 g/mol. The summed E-state index contributed by atoms with van der Waals surface area (Å²) in [5.74, 6) is 0.886. The van der Waals surface area contributed by atoms with Crippen LogP contribution in [-0.4, -0.2) is 6.04 Å². The Bertz CT molecular complexity index is 555. The highest BCUT2D eigenvalue weighted by molar-refractivity contribution is 6.30. The van der Waals surface area contributed by atoms with Gasteiger partial charge in [0.1, 0.15) is 5.58 Å². The Labute approximate surface area is 119 Å². The van der Waals surface area contributed by atoms with Crippen LogP contribution in [0.2, 0.25) is 5.22 Å². The van der Waals surface area contributed by atoms with Crippen LogP contribution in [0.15, 0.2) is 28.7 Å². The molecule has 0 amide bonds. The van der Waals surface area contributed by atoms with Gasteiger partial charge in [0.2, 0.25) is 0 Å². The number of halogens is 1. The summed E-state index contributed by atoms with van der Waals surface area (Å²) in [7, 11) is 0. The third-order valence-electron chi connectivity index (χ3n) is 4.23. The molecular formula is C16H20ClNO. The monoisotopic (exact) mass is 277 g/mol. The van der Waals surface area contributed by atoms with E-state index in [1.54, 1.807) is 0 Å². The van der Waals surface area contributed by atoms with Gasteiger partial charge in [0, 0.05) is 23.5 Å². The molecule has 1 saturated carbocycles. The third kappa shape index (κ3) is 2.80. The van der Waals surface area contributed by atoms with E-state index in [9.17, 15) is 0 Å². The molecule has 3 heteroatoms. The van der Waals surface area contributed by atoms with Gasteiger partial charge < -0.3 is 9.73 Å². The van der Waals surface area contributed by atoms with Crippen molar-refractivity contribution in [1.82, 2.24) is 5.32 Å². The summed E-state index contributed by atoms with van der Waals surface area (Å²) < 4.78 is 5.58. The highest BCUT2D eigenvalue weighted by Gasteiger charge is 2.19. The molecule has 0 aliphatic heterocycles. The van der Waals surface area contributed by atoms with Crippen LogP contribution < -0.4 is 5.32 Å². The first-order chi connectivity index (χ1) is 9.24. The second-order valence-corrected chi connectivity index (χ2v) is 6.03. The number of fused-ring (bicyclic) bond motifs is 1. The van der Waals surface area contributed by atoms with Gasteiger partial charge >= 0.3 is 0 Å². The van der Waals surface area contributed by atoms with Crippen molar-refractivity contribution < 1.29 is 4.42 Å². The van der Waals surface area contributed by atoms with Gasteiger partial charge in [-0.2, -0.15) is 0 Å². The molecule has 0 saturated heterocycles. The van der Waals surface area contributed by atoms with E-state index in [1.165, 1.54) is 25.7 Å². The fourth-order valence-electron chi connectivity index (χ4n) is 2.94. The predicted molar refractivity (Wildman–Crippen MR) is 79.5 cm³/mol. The standard InChI is InChI=1S/C16H20ClNO/c1-11-6-8-12(9-7-11)18-10-14-13-4-2-3-5-15(13)19-16(14)17/h2-5,11-12,18H,6-10H2,1H3. The maximum absolute atomic E-state index is 6.20. The van der Waals surface area contributed by atoms with Crippen LogP contribution in [0.3, 0.4) is 0 Å². The molecule has 1 heterocycles. The maximum Gasteiger partial charge on any atom is 0.199 e. The highest BCUT2D eigenvalue weighted by Crippen LogP contribution is 2.30. The molecule has 102 valence electrons. The summed E-state index contributed by atoms with van der Waals surface area (Å²) in [5.41, 5.74) is 1.97. The van der Waals surface area contributed by atoms with Gasteiger partial charge in [0.05, 0.1) is 0 Å². The van der Waals surface area contributed by atoms with Crippen molar-refractivity contribution in [3.8, 4) is 0 Å². The first kappa shape index (κ1) is 13.0. The summed E-state index contributed by atoms with van der Waals surface area (Å²) in [4.78, 5) is 0. The Hall–Kier alpha value is -0.990. The third-order valence-corrected chi connectivity index (χ3v) is 4.54. The summed E-state index contributed by atoms with van der Waals surface area (Å²) in [6.45, 7) is 3.14. The van der Waals surface area contributed by atoms with E-state index in [4.69, 9.17) is 16.0 Å². The van der Waals surface area contributed by atoms with Gasteiger partial charge in [-0.3, -0.25) is 0 Å². The fourth-order valence-corrected chi connectivity index (χ4v) is 3.20. The van der Waals surface area contributed by atoms with Crippen LogP contribution in [0.4, 0.5) is 0 Å². The predicted octanol–water partition coefficient (Wildman–Crippen LogP) is 4.75. The van der Waals surface area contributed by atoms with Crippen LogP contribution in [0, 0.1) is 5.92 Å². The lowest BCUT2D eigenvalue weighted by Crippen LogP contribution is -2.32. The van der Waals surface area contributed by atoms with Crippen molar-refractivity contribution >= 4 is 22.6 Å². The summed E-state index contributed by atoms with van der Waals surface area (Å²) in [5, 5.41) is 5.29. The normalized spacial score (nSPS) is 23.9. The molecule has 1 N–H and O–H groups in total. The van der Waals surface area contributed by atoms with Gasteiger partial charge in [-0.05, 0) is 49.3 Å². The van der Waals surface area contributed by atoms with Gasteiger partial charge in [-0.1, -0.05) is 25.1 Å². The van der Waals surface area contributed by atoms with E-state index >= 15 is 0 Å². The van der Waals surface area contributed by atoms with E-state index in [0.29, 0.717) is 11.3 Å². The molecule has 1 aliphatic carbocycles. The van der Waals surface area contributed by atoms with E-state index < -0.39 is 0 Å². The second-order valence-electron chi connectivity index (χ2n) is 5.69. The van der Waals surface area contributed by atoms with Gasteiger partial charge in [0.25, 0.3) is 0 Å². The van der Waals surface area contributed by atoms with Crippen molar-refractivity contribution in [1.29, 1.82) is 0 Å². The van der Waals surface area contributed by atoms with E-state index in [1.807, 2.05) is 18.2 Å². The lowest BCUT2D eigenvalue weighted by atomic mass is 9.87. The molecule has 2 nitrogen and oxygen atoms in total. The SMILES string of the molecule is CC1CCC(NCc2c(Cl)oc3ccccc23)CC1. The quantitative estimate of drug-likeness (QED) is 0.875. The molecule has 2 aromatic rings. The van der Waals surface area contributed by atoms with Gasteiger partial charge in [-0.15, -0.1) is 0 Å². The maximum atomic E-state index is 6.20. The Balaban J connectivity index is 1.70. The van der Waals surface area contributed by atoms with E-state index in [-0.39, 0.29) is 0 Å². The number of furan rings is 1. The minimum absolute atomic E-state index is 0.526. The summed E-state index contributed by atoms with van der Waals surface area (Å²) in [6, 6.07) is 8.67. The number of rotatable bonds is 3. The van der Waals surface area contributed by atoms with Crippen molar-refractivity contribution in [3.05, 3.63) is 35.0 Å². The summed E-state index contributed by atoms with van der Waals surface area (Å²) in [6.07, 6.45) is 5.21. The number of nitrogens with one attached hydrogen (secondary N) is 1. The summed E-state index contributed by atoms with van der Waals surface area (Å²) >= 11 is 6.20.